The molecule has 1 unspecified atom stereocenters. The van der Waals surface area contributed by atoms with E-state index in [4.69, 9.17) is 19.9 Å². The average Bonchev–Trinajstić information content (AvgIpc) is 3.03. The van der Waals surface area contributed by atoms with Gasteiger partial charge in [-0.25, -0.2) is 0 Å². The molecule has 0 fully saturated rings. The molecule has 1 aliphatic heterocycles. The Morgan fingerprint density at radius 1 is 1.20 bits per heavy atom. The van der Waals surface area contributed by atoms with Crippen molar-refractivity contribution < 1.29 is 14.2 Å². The standard InChI is InChI=1S/C18H21N3O3.HI/c1-22-16-8-7-13(9-17(16)23-2)21-18(19)20-10-12-11-24-15-6-4-3-5-14(12)15;/h3-9,12H,10-11H2,1-2H3,(H3,19,20,21);1H. The summed E-state index contributed by atoms with van der Waals surface area (Å²) in [6, 6.07) is 13.5. The molecule has 6 nitrogen and oxygen atoms in total. The molecule has 0 bridgehead atoms. The van der Waals surface area contributed by atoms with E-state index in [0.29, 0.717) is 30.6 Å². The van der Waals surface area contributed by atoms with Gasteiger partial charge in [0.05, 0.1) is 27.4 Å². The van der Waals surface area contributed by atoms with E-state index in [2.05, 4.69) is 16.4 Å². The molecular weight excluding hydrogens is 433 g/mol. The van der Waals surface area contributed by atoms with Gasteiger partial charge in [-0.15, -0.1) is 24.0 Å². The Hall–Kier alpha value is -2.16. The first-order chi connectivity index (χ1) is 11.7. The molecule has 1 atom stereocenters. The van der Waals surface area contributed by atoms with Crippen molar-refractivity contribution >= 4 is 35.6 Å². The van der Waals surface area contributed by atoms with Gasteiger partial charge >= 0.3 is 0 Å². The Labute approximate surface area is 164 Å². The highest BCUT2D eigenvalue weighted by Gasteiger charge is 2.23. The fourth-order valence-corrected chi connectivity index (χ4v) is 2.69. The Kier molecular flexibility index (Phi) is 6.74. The highest BCUT2D eigenvalue weighted by molar-refractivity contribution is 14.0. The minimum atomic E-state index is 0. The van der Waals surface area contributed by atoms with Crippen LogP contribution in [-0.4, -0.2) is 33.3 Å². The van der Waals surface area contributed by atoms with E-state index in [-0.39, 0.29) is 29.9 Å². The van der Waals surface area contributed by atoms with Crippen LogP contribution in [0.25, 0.3) is 0 Å². The maximum atomic E-state index is 5.99. The molecule has 7 heteroatoms. The number of para-hydroxylation sites is 1. The second-order valence-corrected chi connectivity index (χ2v) is 5.47. The van der Waals surface area contributed by atoms with Crippen LogP contribution in [0.15, 0.2) is 47.5 Å². The third-order valence-electron chi connectivity index (χ3n) is 3.94. The van der Waals surface area contributed by atoms with Crippen molar-refractivity contribution in [2.24, 2.45) is 10.7 Å². The molecule has 1 aliphatic rings. The summed E-state index contributed by atoms with van der Waals surface area (Å²) in [7, 11) is 3.19. The summed E-state index contributed by atoms with van der Waals surface area (Å²) in [5.74, 6) is 2.81. The van der Waals surface area contributed by atoms with Gasteiger partial charge in [0.2, 0.25) is 0 Å². The van der Waals surface area contributed by atoms with Crippen LogP contribution >= 0.6 is 24.0 Å². The zero-order chi connectivity index (χ0) is 16.9. The van der Waals surface area contributed by atoms with Gasteiger partial charge in [0.25, 0.3) is 0 Å². The second-order valence-electron chi connectivity index (χ2n) is 5.47. The topological polar surface area (TPSA) is 78.1 Å². The third kappa shape index (κ3) is 4.47. The number of hydrogen-bond acceptors (Lipinski definition) is 4. The van der Waals surface area contributed by atoms with Crippen LogP contribution in [0.4, 0.5) is 5.69 Å². The molecule has 0 spiro atoms. The number of fused-ring (bicyclic) bond motifs is 1. The van der Waals surface area contributed by atoms with E-state index in [0.717, 1.165) is 11.4 Å². The highest BCUT2D eigenvalue weighted by atomic mass is 127. The van der Waals surface area contributed by atoms with E-state index >= 15 is 0 Å². The van der Waals surface area contributed by atoms with Crippen molar-refractivity contribution in [2.45, 2.75) is 5.92 Å². The smallest absolute Gasteiger partial charge is 0.193 e. The number of hydrogen-bond donors (Lipinski definition) is 2. The van der Waals surface area contributed by atoms with Gasteiger partial charge < -0.3 is 25.3 Å². The van der Waals surface area contributed by atoms with Crippen molar-refractivity contribution in [3.05, 3.63) is 48.0 Å². The number of methoxy groups -OCH3 is 2. The van der Waals surface area contributed by atoms with E-state index in [1.54, 1.807) is 14.2 Å². The Balaban J connectivity index is 0.00000225. The summed E-state index contributed by atoms with van der Waals surface area (Å²) in [4.78, 5) is 4.43. The minimum absolute atomic E-state index is 0. The number of ether oxygens (including phenoxy) is 3. The number of nitrogens with two attached hydrogens (primary N) is 1. The lowest BCUT2D eigenvalue weighted by atomic mass is 10.0. The quantitative estimate of drug-likeness (QED) is 0.412. The van der Waals surface area contributed by atoms with Crippen LogP contribution in [0.2, 0.25) is 0 Å². The van der Waals surface area contributed by atoms with Crippen LogP contribution in [0.3, 0.4) is 0 Å². The predicted octanol–water partition coefficient (Wildman–Crippen LogP) is 3.22. The number of rotatable bonds is 5. The molecule has 2 aromatic carbocycles. The first-order valence-corrected chi connectivity index (χ1v) is 7.72. The molecule has 2 aromatic rings. The number of nitrogens with zero attached hydrogens (tertiary/aromatic N) is 1. The first-order valence-electron chi connectivity index (χ1n) is 7.72. The lowest BCUT2D eigenvalue weighted by molar-refractivity contribution is 0.333. The summed E-state index contributed by atoms with van der Waals surface area (Å²) < 4.78 is 16.1. The maximum Gasteiger partial charge on any atom is 0.193 e. The van der Waals surface area contributed by atoms with Crippen LogP contribution in [0, 0.1) is 0 Å². The molecule has 3 N–H and O–H groups in total. The van der Waals surface area contributed by atoms with Crippen molar-refractivity contribution in [3.8, 4) is 17.2 Å². The van der Waals surface area contributed by atoms with Crippen molar-refractivity contribution in [2.75, 3.05) is 32.7 Å². The Morgan fingerprint density at radius 3 is 2.72 bits per heavy atom. The van der Waals surface area contributed by atoms with Gasteiger partial charge in [-0.1, -0.05) is 18.2 Å². The van der Waals surface area contributed by atoms with Crippen LogP contribution in [0.5, 0.6) is 17.2 Å². The number of anilines is 1. The second kappa shape index (κ2) is 8.80. The van der Waals surface area contributed by atoms with Crippen LogP contribution in [0.1, 0.15) is 11.5 Å². The Bertz CT molecular complexity index is 752. The molecule has 134 valence electrons. The van der Waals surface area contributed by atoms with E-state index in [1.807, 2.05) is 36.4 Å². The number of halogens is 1. The SMILES string of the molecule is COc1ccc(NC(N)=NCC2COc3ccccc32)cc1OC.I. The summed E-state index contributed by atoms with van der Waals surface area (Å²) in [5.41, 5.74) is 7.96. The monoisotopic (exact) mass is 455 g/mol. The highest BCUT2D eigenvalue weighted by Crippen LogP contribution is 2.33. The van der Waals surface area contributed by atoms with Crippen molar-refractivity contribution in [3.63, 3.8) is 0 Å². The van der Waals surface area contributed by atoms with Gasteiger partial charge in [-0.05, 0) is 18.2 Å². The predicted molar refractivity (Wildman–Crippen MR) is 110 cm³/mol. The average molecular weight is 455 g/mol. The van der Waals surface area contributed by atoms with Gasteiger partial charge in [0.1, 0.15) is 5.75 Å². The van der Waals surface area contributed by atoms with Gasteiger partial charge in [0, 0.05) is 23.2 Å². The zero-order valence-electron chi connectivity index (χ0n) is 14.2. The minimum Gasteiger partial charge on any atom is -0.493 e. The number of benzene rings is 2. The van der Waals surface area contributed by atoms with Crippen LogP contribution < -0.4 is 25.3 Å². The van der Waals surface area contributed by atoms with E-state index in [1.165, 1.54) is 5.56 Å². The largest absolute Gasteiger partial charge is 0.493 e. The molecule has 0 aliphatic carbocycles. The first kappa shape index (κ1) is 19.2. The summed E-state index contributed by atoms with van der Waals surface area (Å²) in [5, 5.41) is 3.07. The van der Waals surface area contributed by atoms with Gasteiger partial charge in [-0.2, -0.15) is 0 Å². The third-order valence-corrected chi connectivity index (χ3v) is 3.94. The lowest BCUT2D eigenvalue weighted by Gasteiger charge is -2.11. The summed E-state index contributed by atoms with van der Waals surface area (Å²) in [6.07, 6.45) is 0. The zero-order valence-corrected chi connectivity index (χ0v) is 16.5. The summed E-state index contributed by atoms with van der Waals surface area (Å²) >= 11 is 0. The molecule has 0 aromatic heterocycles. The molecule has 25 heavy (non-hydrogen) atoms. The van der Waals surface area contributed by atoms with E-state index in [9.17, 15) is 0 Å². The molecule has 0 saturated carbocycles. The molecule has 1 heterocycles. The molecular formula is C18H22IN3O3. The van der Waals surface area contributed by atoms with Gasteiger partial charge in [-0.3, -0.25) is 4.99 Å². The Morgan fingerprint density at radius 2 is 1.96 bits per heavy atom. The van der Waals surface area contributed by atoms with Gasteiger partial charge in [0.15, 0.2) is 17.5 Å². The molecule has 0 amide bonds. The normalized spacial score (nSPS) is 15.6. The van der Waals surface area contributed by atoms with Crippen LogP contribution in [-0.2, 0) is 0 Å². The molecule has 0 saturated heterocycles. The number of nitrogens with one attached hydrogen (secondary N) is 1. The lowest BCUT2D eigenvalue weighted by Crippen LogP contribution is -2.23. The molecule has 0 radical (unpaired) electrons. The number of aliphatic imine (C=N–C) groups is 1. The van der Waals surface area contributed by atoms with E-state index < -0.39 is 0 Å². The fraction of sp³-hybridized carbons (Fsp3) is 0.278. The number of guanidine groups is 1. The maximum absolute atomic E-state index is 5.99. The van der Waals surface area contributed by atoms with Crippen molar-refractivity contribution in [1.29, 1.82) is 0 Å². The summed E-state index contributed by atoms with van der Waals surface area (Å²) in [6.45, 7) is 1.20. The fourth-order valence-electron chi connectivity index (χ4n) is 2.69. The molecule has 3 rings (SSSR count). The van der Waals surface area contributed by atoms with Crippen molar-refractivity contribution in [1.82, 2.24) is 0 Å².